The largest absolute Gasteiger partial charge is 0.395 e. The van der Waals surface area contributed by atoms with Crippen LogP contribution in [-0.4, -0.2) is 42.3 Å². The van der Waals surface area contributed by atoms with Gasteiger partial charge in [-0.2, -0.15) is 0 Å². The van der Waals surface area contributed by atoms with Crippen LogP contribution in [0.3, 0.4) is 0 Å². The second-order valence-electron chi connectivity index (χ2n) is 5.65. The summed E-state index contributed by atoms with van der Waals surface area (Å²) >= 11 is 0. The van der Waals surface area contributed by atoms with Crippen molar-refractivity contribution in [2.24, 2.45) is 0 Å². The molecule has 1 aliphatic rings. The van der Waals surface area contributed by atoms with Crippen molar-refractivity contribution in [3.63, 3.8) is 0 Å². The predicted molar refractivity (Wildman–Crippen MR) is 83.8 cm³/mol. The lowest BCUT2D eigenvalue weighted by molar-refractivity contribution is 0.0969. The molecule has 1 fully saturated rings. The van der Waals surface area contributed by atoms with E-state index in [9.17, 15) is 5.11 Å². The van der Waals surface area contributed by atoms with Crippen LogP contribution < -0.4 is 5.32 Å². The van der Waals surface area contributed by atoms with E-state index in [1.165, 1.54) is 24.8 Å². The highest BCUT2D eigenvalue weighted by Gasteiger charge is 2.25. The Morgan fingerprint density at radius 1 is 1.25 bits per heavy atom. The van der Waals surface area contributed by atoms with E-state index in [1.54, 1.807) is 0 Å². The normalized spacial score (nSPS) is 17.1. The smallest absolute Gasteiger partial charge is 0.0558 e. The van der Waals surface area contributed by atoms with Crippen LogP contribution >= 0.6 is 0 Å². The number of aliphatic hydroxyl groups excluding tert-OH is 1. The molecule has 0 amide bonds. The maximum absolute atomic E-state index is 9.23. The van der Waals surface area contributed by atoms with Gasteiger partial charge in [-0.15, -0.1) is 0 Å². The van der Waals surface area contributed by atoms with Gasteiger partial charge >= 0.3 is 0 Å². The quantitative estimate of drug-likeness (QED) is 0.727. The van der Waals surface area contributed by atoms with Gasteiger partial charge in [0.2, 0.25) is 0 Å². The van der Waals surface area contributed by atoms with Crippen LogP contribution in [0, 0.1) is 0 Å². The summed E-state index contributed by atoms with van der Waals surface area (Å²) in [6, 6.07) is 11.8. The van der Waals surface area contributed by atoms with Gasteiger partial charge in [0, 0.05) is 25.2 Å². The van der Waals surface area contributed by atoms with Gasteiger partial charge in [-0.05, 0) is 31.4 Å². The van der Waals surface area contributed by atoms with Gasteiger partial charge < -0.3 is 10.4 Å². The minimum atomic E-state index is 0.272. The van der Waals surface area contributed by atoms with Gasteiger partial charge in [0.15, 0.2) is 0 Å². The third-order valence-corrected chi connectivity index (χ3v) is 4.34. The summed E-state index contributed by atoms with van der Waals surface area (Å²) in [6.45, 7) is 5.31. The molecule has 0 radical (unpaired) electrons. The molecule has 3 nitrogen and oxygen atoms in total. The van der Waals surface area contributed by atoms with Crippen LogP contribution in [0.4, 0.5) is 0 Å². The molecule has 1 aliphatic carbocycles. The zero-order valence-electron chi connectivity index (χ0n) is 12.6. The Bertz CT molecular complexity index is 365. The van der Waals surface area contributed by atoms with E-state index in [0.29, 0.717) is 12.1 Å². The average Bonchev–Trinajstić information content (AvgIpc) is 2.42. The summed E-state index contributed by atoms with van der Waals surface area (Å²) in [7, 11) is 0. The van der Waals surface area contributed by atoms with Crippen molar-refractivity contribution in [2.75, 3.05) is 26.2 Å². The lowest BCUT2D eigenvalue weighted by atomic mass is 9.91. The number of rotatable bonds is 9. The molecule has 20 heavy (non-hydrogen) atoms. The molecule has 0 aliphatic heterocycles. The van der Waals surface area contributed by atoms with Crippen LogP contribution in [0.2, 0.25) is 0 Å². The van der Waals surface area contributed by atoms with E-state index in [4.69, 9.17) is 0 Å². The van der Waals surface area contributed by atoms with Crippen LogP contribution in [-0.2, 0) is 0 Å². The van der Waals surface area contributed by atoms with Gasteiger partial charge in [-0.1, -0.05) is 43.7 Å². The number of hydrogen-bond donors (Lipinski definition) is 2. The molecule has 0 spiro atoms. The molecular formula is C17H28N2O. The third kappa shape index (κ3) is 4.30. The summed E-state index contributed by atoms with van der Waals surface area (Å²) in [5.41, 5.74) is 1.37. The van der Waals surface area contributed by atoms with Crippen molar-refractivity contribution in [1.82, 2.24) is 10.2 Å². The maximum Gasteiger partial charge on any atom is 0.0558 e. The standard InChI is InChI=1S/C17H28N2O/c1-2-18-17(15-7-4-3-5-8-15)11-12-19(13-14-20)16-9-6-10-16/h3-5,7-8,16-18,20H,2,6,9-14H2,1H3. The summed E-state index contributed by atoms with van der Waals surface area (Å²) in [4.78, 5) is 2.47. The van der Waals surface area contributed by atoms with Crippen molar-refractivity contribution in [1.29, 1.82) is 0 Å². The molecule has 1 atom stereocenters. The van der Waals surface area contributed by atoms with Gasteiger partial charge in [-0.25, -0.2) is 0 Å². The third-order valence-electron chi connectivity index (χ3n) is 4.34. The van der Waals surface area contributed by atoms with E-state index in [0.717, 1.165) is 26.1 Å². The molecule has 1 aromatic carbocycles. The maximum atomic E-state index is 9.23. The lowest BCUT2D eigenvalue weighted by Crippen LogP contribution is -2.43. The van der Waals surface area contributed by atoms with E-state index in [-0.39, 0.29) is 6.61 Å². The zero-order chi connectivity index (χ0) is 14.2. The first kappa shape index (κ1) is 15.5. The van der Waals surface area contributed by atoms with E-state index >= 15 is 0 Å². The van der Waals surface area contributed by atoms with Gasteiger partial charge in [0.05, 0.1) is 6.61 Å². The number of nitrogens with zero attached hydrogens (tertiary/aromatic N) is 1. The first-order chi connectivity index (χ1) is 9.85. The van der Waals surface area contributed by atoms with Gasteiger partial charge in [-0.3, -0.25) is 4.90 Å². The fourth-order valence-electron chi connectivity index (χ4n) is 2.97. The topological polar surface area (TPSA) is 35.5 Å². The molecule has 3 heteroatoms. The molecule has 2 rings (SSSR count). The highest BCUT2D eigenvalue weighted by Crippen LogP contribution is 2.26. The van der Waals surface area contributed by atoms with E-state index < -0.39 is 0 Å². The number of hydrogen-bond acceptors (Lipinski definition) is 3. The SMILES string of the molecule is CCNC(CCN(CCO)C1CCC1)c1ccccc1. The van der Waals surface area contributed by atoms with Crippen molar-refractivity contribution >= 4 is 0 Å². The Labute approximate surface area is 123 Å². The fraction of sp³-hybridized carbons (Fsp3) is 0.647. The second kappa shape index (κ2) is 8.40. The number of benzene rings is 1. The lowest BCUT2D eigenvalue weighted by Gasteiger charge is -2.38. The van der Waals surface area contributed by atoms with Crippen molar-refractivity contribution < 1.29 is 5.11 Å². The fourth-order valence-corrected chi connectivity index (χ4v) is 2.97. The van der Waals surface area contributed by atoms with Gasteiger partial charge in [0.1, 0.15) is 0 Å². The van der Waals surface area contributed by atoms with Crippen LogP contribution in [0.15, 0.2) is 30.3 Å². The first-order valence-corrected chi connectivity index (χ1v) is 7.98. The Balaban J connectivity index is 1.90. The molecule has 1 unspecified atom stereocenters. The Morgan fingerprint density at radius 3 is 2.55 bits per heavy atom. The molecule has 0 heterocycles. The van der Waals surface area contributed by atoms with Crippen molar-refractivity contribution in [3.05, 3.63) is 35.9 Å². The van der Waals surface area contributed by atoms with Crippen LogP contribution in [0.1, 0.15) is 44.2 Å². The van der Waals surface area contributed by atoms with Crippen molar-refractivity contribution in [3.8, 4) is 0 Å². The monoisotopic (exact) mass is 276 g/mol. The van der Waals surface area contributed by atoms with Crippen molar-refractivity contribution in [2.45, 2.75) is 44.7 Å². The molecule has 1 saturated carbocycles. The average molecular weight is 276 g/mol. The summed E-state index contributed by atoms with van der Waals surface area (Å²) in [6.07, 6.45) is 5.06. The first-order valence-electron chi connectivity index (χ1n) is 7.98. The molecule has 0 saturated heterocycles. The highest BCUT2D eigenvalue weighted by molar-refractivity contribution is 5.18. The number of aliphatic hydroxyl groups is 1. The highest BCUT2D eigenvalue weighted by atomic mass is 16.3. The van der Waals surface area contributed by atoms with E-state index in [1.807, 2.05) is 0 Å². The molecule has 0 bridgehead atoms. The molecule has 112 valence electrons. The zero-order valence-corrected chi connectivity index (χ0v) is 12.6. The van der Waals surface area contributed by atoms with Gasteiger partial charge in [0.25, 0.3) is 0 Å². The second-order valence-corrected chi connectivity index (χ2v) is 5.65. The molecule has 2 N–H and O–H groups in total. The Hall–Kier alpha value is -0.900. The minimum absolute atomic E-state index is 0.272. The Kier molecular flexibility index (Phi) is 6.51. The molecular weight excluding hydrogens is 248 g/mol. The molecule has 1 aromatic rings. The summed E-state index contributed by atoms with van der Waals surface area (Å²) < 4.78 is 0. The predicted octanol–water partition coefficient (Wildman–Crippen LogP) is 2.57. The van der Waals surface area contributed by atoms with Crippen LogP contribution in [0.5, 0.6) is 0 Å². The number of nitrogens with one attached hydrogen (secondary N) is 1. The molecule has 0 aromatic heterocycles. The van der Waals surface area contributed by atoms with Crippen LogP contribution in [0.25, 0.3) is 0 Å². The summed E-state index contributed by atoms with van der Waals surface area (Å²) in [5.74, 6) is 0. The summed E-state index contributed by atoms with van der Waals surface area (Å²) in [5, 5.41) is 12.8. The minimum Gasteiger partial charge on any atom is -0.395 e. The Morgan fingerprint density at radius 2 is 2.00 bits per heavy atom. The van der Waals surface area contributed by atoms with E-state index in [2.05, 4.69) is 47.5 Å².